The molecular weight excluding hydrogens is 444 g/mol. The zero-order valence-electron chi connectivity index (χ0n) is 21.0. The van der Waals surface area contributed by atoms with Gasteiger partial charge in [-0.1, -0.05) is 76.7 Å². The fourth-order valence-electron chi connectivity index (χ4n) is 3.61. The molecule has 3 rings (SSSR count). The molecule has 0 aliphatic rings. The summed E-state index contributed by atoms with van der Waals surface area (Å²) in [6.45, 7) is 13.4. The summed E-state index contributed by atoms with van der Waals surface area (Å²) in [6.07, 6.45) is 0.408. The summed E-state index contributed by atoms with van der Waals surface area (Å²) in [7, 11) is 0. The first-order valence-corrected chi connectivity index (χ1v) is 12.9. The van der Waals surface area contributed by atoms with Crippen LogP contribution in [0.15, 0.2) is 59.8 Å². The minimum Gasteiger partial charge on any atom is -0.483 e. The number of nitrogens with zero attached hydrogens (tertiary/aromatic N) is 3. The molecule has 1 amide bonds. The molecule has 2 unspecified atom stereocenters. The van der Waals surface area contributed by atoms with E-state index < -0.39 is 0 Å². The Labute approximate surface area is 207 Å². The van der Waals surface area contributed by atoms with Crippen molar-refractivity contribution in [1.29, 1.82) is 0 Å². The van der Waals surface area contributed by atoms with E-state index in [-0.39, 0.29) is 17.3 Å². The van der Waals surface area contributed by atoms with Gasteiger partial charge in [0.1, 0.15) is 5.75 Å². The van der Waals surface area contributed by atoms with Gasteiger partial charge >= 0.3 is 0 Å². The summed E-state index contributed by atoms with van der Waals surface area (Å²) in [5.74, 6) is 2.41. The highest BCUT2D eigenvalue weighted by Gasteiger charge is 2.25. The molecule has 34 heavy (non-hydrogen) atoms. The highest BCUT2D eigenvalue weighted by Crippen LogP contribution is 2.30. The Kier molecular flexibility index (Phi) is 9.16. The van der Waals surface area contributed by atoms with Gasteiger partial charge in [0.2, 0.25) is 5.91 Å². The number of aromatic nitrogens is 3. The number of hydrogen-bond donors (Lipinski definition) is 1. The van der Waals surface area contributed by atoms with Crippen molar-refractivity contribution in [2.75, 3.05) is 5.32 Å². The molecule has 2 aromatic carbocycles. The van der Waals surface area contributed by atoms with Crippen LogP contribution in [0.25, 0.3) is 0 Å². The summed E-state index contributed by atoms with van der Waals surface area (Å²) in [6, 6.07) is 17.7. The smallest absolute Gasteiger partial charge is 0.237 e. The van der Waals surface area contributed by atoms with Crippen LogP contribution in [0.2, 0.25) is 0 Å². The van der Waals surface area contributed by atoms with Crippen molar-refractivity contribution in [3.63, 3.8) is 0 Å². The maximum Gasteiger partial charge on any atom is 0.237 e. The van der Waals surface area contributed by atoms with Crippen LogP contribution >= 0.6 is 11.8 Å². The molecule has 1 aromatic heterocycles. The van der Waals surface area contributed by atoms with E-state index >= 15 is 0 Å². The second-order valence-electron chi connectivity index (χ2n) is 9.20. The largest absolute Gasteiger partial charge is 0.483 e. The molecule has 0 aliphatic carbocycles. The predicted octanol–water partition coefficient (Wildman–Crippen LogP) is 6.71. The zero-order valence-corrected chi connectivity index (χ0v) is 21.8. The molecule has 0 fully saturated rings. The fraction of sp³-hybridized carbons (Fsp3) is 0.444. The Morgan fingerprint density at radius 3 is 2.26 bits per heavy atom. The summed E-state index contributed by atoms with van der Waals surface area (Å²) >= 11 is 1.46. The Morgan fingerprint density at radius 1 is 1.00 bits per heavy atom. The van der Waals surface area contributed by atoms with Gasteiger partial charge in [-0.3, -0.25) is 4.79 Å². The number of thioether (sulfide) groups is 1. The number of rotatable bonds is 11. The lowest BCUT2D eigenvalue weighted by Crippen LogP contribution is -2.25. The van der Waals surface area contributed by atoms with Gasteiger partial charge in [0.05, 0.1) is 5.25 Å². The molecule has 1 heterocycles. The number of para-hydroxylation sites is 1. The summed E-state index contributed by atoms with van der Waals surface area (Å²) in [5, 5.41) is 12.4. The van der Waals surface area contributed by atoms with Crippen LogP contribution in [0.5, 0.6) is 5.75 Å². The van der Waals surface area contributed by atoms with Gasteiger partial charge in [0.15, 0.2) is 17.1 Å². The van der Waals surface area contributed by atoms with Gasteiger partial charge in [0.25, 0.3) is 0 Å². The van der Waals surface area contributed by atoms with Crippen molar-refractivity contribution in [3.05, 3.63) is 66.0 Å². The van der Waals surface area contributed by atoms with Gasteiger partial charge in [-0.05, 0) is 55.0 Å². The van der Waals surface area contributed by atoms with Crippen LogP contribution in [0, 0.1) is 5.92 Å². The van der Waals surface area contributed by atoms with Crippen molar-refractivity contribution in [1.82, 2.24) is 14.8 Å². The van der Waals surface area contributed by atoms with Crippen LogP contribution in [0.3, 0.4) is 0 Å². The topological polar surface area (TPSA) is 69.0 Å². The second-order valence-corrected chi connectivity index (χ2v) is 10.4. The van der Waals surface area contributed by atoms with Crippen LogP contribution in [0.1, 0.15) is 71.4 Å². The number of hydrogen-bond acceptors (Lipinski definition) is 5. The standard InChI is InChI=1S/C27H36N4O2S/c1-7-24(26(32)28-22-11-9-8-10-12-22)34-27-30-29-25(31(27)17-18(2)3)20(6)33-23-15-13-21(14-16-23)19(4)5/h8-16,18-20,24H,7,17H2,1-6H3,(H,28,32). The van der Waals surface area contributed by atoms with Crippen molar-refractivity contribution in [2.45, 2.75) is 76.9 Å². The minimum absolute atomic E-state index is 0.0334. The zero-order chi connectivity index (χ0) is 24.7. The molecule has 182 valence electrons. The normalized spacial score (nSPS) is 13.2. The molecule has 2 atom stereocenters. The number of ether oxygens (including phenoxy) is 1. The SMILES string of the molecule is CCC(Sc1nnc(C(C)Oc2ccc(C(C)C)cc2)n1CC(C)C)C(=O)Nc1ccccc1. The lowest BCUT2D eigenvalue weighted by molar-refractivity contribution is -0.115. The van der Waals surface area contributed by atoms with Gasteiger partial charge in [-0.25, -0.2) is 0 Å². The third-order valence-electron chi connectivity index (χ3n) is 5.47. The molecule has 1 N–H and O–H groups in total. The number of benzene rings is 2. The first-order valence-electron chi connectivity index (χ1n) is 12.0. The maximum absolute atomic E-state index is 12.9. The molecule has 6 nitrogen and oxygen atoms in total. The van der Waals surface area contributed by atoms with Crippen LogP contribution in [0.4, 0.5) is 5.69 Å². The highest BCUT2D eigenvalue weighted by atomic mass is 32.2. The average Bonchev–Trinajstić information content (AvgIpc) is 3.19. The highest BCUT2D eigenvalue weighted by molar-refractivity contribution is 8.00. The average molecular weight is 481 g/mol. The molecule has 0 bridgehead atoms. The van der Waals surface area contributed by atoms with Gasteiger partial charge in [-0.2, -0.15) is 0 Å². The Bertz CT molecular complexity index is 1050. The number of carbonyl (C=O) groups is 1. The van der Waals surface area contributed by atoms with Crippen LogP contribution in [-0.4, -0.2) is 25.9 Å². The third kappa shape index (κ3) is 6.86. The second kappa shape index (κ2) is 12.1. The van der Waals surface area contributed by atoms with Crippen molar-refractivity contribution in [2.24, 2.45) is 5.92 Å². The van der Waals surface area contributed by atoms with E-state index in [9.17, 15) is 4.79 Å². The molecule has 0 saturated heterocycles. The van der Waals surface area contributed by atoms with E-state index in [0.29, 0.717) is 18.3 Å². The summed E-state index contributed by atoms with van der Waals surface area (Å²) in [4.78, 5) is 12.9. The molecule has 0 spiro atoms. The molecule has 7 heteroatoms. The molecule has 0 saturated carbocycles. The lowest BCUT2D eigenvalue weighted by Gasteiger charge is -2.19. The van der Waals surface area contributed by atoms with E-state index in [2.05, 4.69) is 59.9 Å². The predicted molar refractivity (Wildman–Crippen MR) is 139 cm³/mol. The van der Waals surface area contributed by atoms with Crippen LogP contribution < -0.4 is 10.1 Å². The molecular formula is C27H36N4O2S. The number of amides is 1. The van der Waals surface area contributed by atoms with Crippen LogP contribution in [-0.2, 0) is 11.3 Å². The summed E-state index contributed by atoms with van der Waals surface area (Å²) in [5.41, 5.74) is 2.07. The Balaban J connectivity index is 1.77. The lowest BCUT2D eigenvalue weighted by atomic mass is 10.0. The van der Waals surface area contributed by atoms with Crippen molar-refractivity contribution >= 4 is 23.4 Å². The number of nitrogens with one attached hydrogen (secondary N) is 1. The maximum atomic E-state index is 12.9. The van der Waals surface area contributed by atoms with Crippen molar-refractivity contribution in [3.8, 4) is 5.75 Å². The van der Waals surface area contributed by atoms with Gasteiger partial charge in [-0.15, -0.1) is 10.2 Å². The van der Waals surface area contributed by atoms with Gasteiger partial charge < -0.3 is 14.6 Å². The molecule has 0 aliphatic heterocycles. The number of anilines is 1. The van der Waals surface area contributed by atoms with E-state index in [1.54, 1.807) is 0 Å². The number of carbonyl (C=O) groups excluding carboxylic acids is 1. The first-order chi connectivity index (χ1) is 16.3. The first kappa shape index (κ1) is 25.8. The monoisotopic (exact) mass is 480 g/mol. The molecule has 3 aromatic rings. The van der Waals surface area contributed by atoms with E-state index in [0.717, 1.165) is 29.0 Å². The third-order valence-corrected chi connectivity index (χ3v) is 6.81. The molecule has 0 radical (unpaired) electrons. The van der Waals surface area contributed by atoms with Gasteiger partial charge in [0, 0.05) is 12.2 Å². The minimum atomic E-state index is -0.275. The van der Waals surface area contributed by atoms with E-state index in [4.69, 9.17) is 4.74 Å². The Hall–Kier alpha value is -2.80. The summed E-state index contributed by atoms with van der Waals surface area (Å²) < 4.78 is 8.31. The fourth-order valence-corrected chi connectivity index (χ4v) is 4.58. The van der Waals surface area contributed by atoms with Crippen molar-refractivity contribution < 1.29 is 9.53 Å². The Morgan fingerprint density at radius 2 is 1.68 bits per heavy atom. The van der Waals surface area contributed by atoms with E-state index in [1.165, 1.54) is 17.3 Å². The quantitative estimate of drug-likeness (QED) is 0.309. The van der Waals surface area contributed by atoms with E-state index in [1.807, 2.05) is 56.3 Å².